The highest BCUT2D eigenvalue weighted by molar-refractivity contribution is 5.71. The van der Waals surface area contributed by atoms with Gasteiger partial charge in [-0.1, -0.05) is 289 Å². The predicted molar refractivity (Wildman–Crippen MR) is 348 cm³/mol. The van der Waals surface area contributed by atoms with Crippen LogP contribution in [-0.4, -0.2) is 37.2 Å². The fourth-order valence-corrected chi connectivity index (χ4v) is 8.74. The van der Waals surface area contributed by atoms with Gasteiger partial charge in [0.15, 0.2) is 6.10 Å². The molecule has 0 amide bonds. The van der Waals surface area contributed by atoms with Crippen LogP contribution in [0.5, 0.6) is 0 Å². The molecule has 1 atom stereocenters. The van der Waals surface area contributed by atoms with Crippen molar-refractivity contribution in [3.8, 4) is 0 Å². The van der Waals surface area contributed by atoms with Gasteiger partial charge in [0.1, 0.15) is 13.2 Å². The SMILES string of the molecule is CC/C=C\C/C=C\C/C=C\C/C=C\C/C=C\C/C=C\C/C=C\C/C=C\C/C=C\CCCCCCCCCC(=O)OCC(COC(=O)CCCCCCCCCCCCCC)OC(=O)CCCCCCC/C=C\C/C=C\C/C=C\CC. The molecule has 0 aliphatic heterocycles. The third-order valence-electron chi connectivity index (χ3n) is 13.6. The van der Waals surface area contributed by atoms with Gasteiger partial charge in [0.05, 0.1) is 0 Å². The van der Waals surface area contributed by atoms with E-state index in [0.717, 1.165) is 161 Å². The maximum Gasteiger partial charge on any atom is 0.306 e. The van der Waals surface area contributed by atoms with Crippen molar-refractivity contribution in [2.75, 3.05) is 13.2 Å². The standard InChI is InChI=1S/C74H120O6/c1-4-7-10-13-16-19-22-25-27-28-29-30-31-32-33-34-35-36-37-38-39-40-41-42-43-44-45-46-48-49-52-55-58-61-64-67-73(76)79-70-71(69-78-72(75)66-63-60-57-54-51-24-21-18-15-12-9-6-3)80-74(77)68-65-62-59-56-53-50-47-26-23-20-17-14-11-8-5-2/h7-8,10-11,16-17,19-20,25-27,29-30,32-33,35-36,38-39,41-42,44-45,47,71H,4-6,9,12-15,18,21-24,28,31,34,37,40,43,46,48-70H2,1-3H3/b10-7-,11-8-,19-16-,20-17-,27-25-,30-29-,33-32-,36-35-,39-38-,42-41-,45-44-,47-26-. The van der Waals surface area contributed by atoms with Crippen LogP contribution in [0.1, 0.15) is 284 Å². The first kappa shape index (κ1) is 75.3. The van der Waals surface area contributed by atoms with E-state index in [1.807, 2.05) is 0 Å². The molecular weight excluding hydrogens is 985 g/mol. The summed E-state index contributed by atoms with van der Waals surface area (Å²) >= 11 is 0. The maximum absolute atomic E-state index is 12.9. The number of rotatable bonds is 58. The molecule has 1 unspecified atom stereocenters. The number of hydrogen-bond donors (Lipinski definition) is 0. The lowest BCUT2D eigenvalue weighted by Gasteiger charge is -2.18. The molecule has 0 heterocycles. The molecule has 0 aromatic heterocycles. The molecule has 0 rings (SSSR count). The first-order chi connectivity index (χ1) is 39.5. The van der Waals surface area contributed by atoms with Crippen LogP contribution < -0.4 is 0 Å². The highest BCUT2D eigenvalue weighted by atomic mass is 16.6. The van der Waals surface area contributed by atoms with Gasteiger partial charge in [-0.3, -0.25) is 14.4 Å². The minimum absolute atomic E-state index is 0.0900. The normalized spacial score (nSPS) is 13.1. The van der Waals surface area contributed by atoms with Gasteiger partial charge in [0, 0.05) is 19.3 Å². The Balaban J connectivity index is 4.26. The van der Waals surface area contributed by atoms with E-state index in [1.54, 1.807) is 0 Å². The Kier molecular flexibility index (Phi) is 62.9. The molecule has 0 saturated carbocycles. The molecule has 0 aliphatic carbocycles. The third-order valence-corrected chi connectivity index (χ3v) is 13.6. The first-order valence-electron chi connectivity index (χ1n) is 32.8. The minimum Gasteiger partial charge on any atom is -0.462 e. The molecule has 0 radical (unpaired) electrons. The van der Waals surface area contributed by atoms with Crippen LogP contribution in [0.3, 0.4) is 0 Å². The smallest absolute Gasteiger partial charge is 0.306 e. The van der Waals surface area contributed by atoms with Gasteiger partial charge in [-0.15, -0.1) is 0 Å². The van der Waals surface area contributed by atoms with Crippen molar-refractivity contribution < 1.29 is 28.6 Å². The van der Waals surface area contributed by atoms with Gasteiger partial charge >= 0.3 is 17.9 Å². The van der Waals surface area contributed by atoms with Crippen LogP contribution in [0.2, 0.25) is 0 Å². The van der Waals surface area contributed by atoms with Crippen LogP contribution in [0.25, 0.3) is 0 Å². The van der Waals surface area contributed by atoms with E-state index in [9.17, 15) is 14.4 Å². The molecule has 0 spiro atoms. The Morgan fingerprint density at radius 3 is 0.762 bits per heavy atom. The van der Waals surface area contributed by atoms with Crippen molar-refractivity contribution in [3.63, 3.8) is 0 Å². The first-order valence-corrected chi connectivity index (χ1v) is 32.8. The van der Waals surface area contributed by atoms with Crippen molar-refractivity contribution in [2.45, 2.75) is 290 Å². The van der Waals surface area contributed by atoms with Crippen molar-refractivity contribution in [1.29, 1.82) is 0 Å². The second-order valence-electron chi connectivity index (χ2n) is 21.3. The Hall–Kier alpha value is -4.71. The minimum atomic E-state index is -0.795. The van der Waals surface area contributed by atoms with Gasteiger partial charge in [-0.2, -0.15) is 0 Å². The van der Waals surface area contributed by atoms with E-state index in [1.165, 1.54) is 83.5 Å². The van der Waals surface area contributed by atoms with Crippen LogP contribution in [0, 0.1) is 0 Å². The van der Waals surface area contributed by atoms with Gasteiger partial charge in [0.25, 0.3) is 0 Å². The Bertz CT molecular complexity index is 1750. The lowest BCUT2D eigenvalue weighted by Crippen LogP contribution is -2.30. The second kappa shape index (κ2) is 66.8. The topological polar surface area (TPSA) is 78.9 Å². The molecule has 80 heavy (non-hydrogen) atoms. The largest absolute Gasteiger partial charge is 0.462 e. The fourth-order valence-electron chi connectivity index (χ4n) is 8.74. The van der Waals surface area contributed by atoms with Gasteiger partial charge in [-0.05, 0) is 122 Å². The van der Waals surface area contributed by atoms with E-state index < -0.39 is 6.10 Å². The van der Waals surface area contributed by atoms with Crippen molar-refractivity contribution in [2.24, 2.45) is 0 Å². The number of hydrogen-bond acceptors (Lipinski definition) is 6. The third kappa shape index (κ3) is 64.1. The quantitative estimate of drug-likeness (QED) is 0.0261. The summed E-state index contributed by atoms with van der Waals surface area (Å²) in [6, 6.07) is 0. The van der Waals surface area contributed by atoms with E-state index >= 15 is 0 Å². The molecule has 6 nitrogen and oxygen atoms in total. The molecule has 0 fully saturated rings. The summed E-state index contributed by atoms with van der Waals surface area (Å²) in [5.74, 6) is -0.918. The Labute approximate surface area is 493 Å². The molecule has 0 bridgehead atoms. The van der Waals surface area contributed by atoms with Crippen LogP contribution in [-0.2, 0) is 28.6 Å². The zero-order valence-electron chi connectivity index (χ0n) is 51.8. The number of carbonyl (C=O) groups is 3. The highest BCUT2D eigenvalue weighted by Crippen LogP contribution is 2.15. The lowest BCUT2D eigenvalue weighted by molar-refractivity contribution is -0.167. The predicted octanol–water partition coefficient (Wildman–Crippen LogP) is 22.7. The molecule has 452 valence electrons. The van der Waals surface area contributed by atoms with E-state index in [4.69, 9.17) is 14.2 Å². The summed E-state index contributed by atoms with van der Waals surface area (Å²) in [5.41, 5.74) is 0. The van der Waals surface area contributed by atoms with Crippen LogP contribution in [0.15, 0.2) is 146 Å². The summed E-state index contributed by atoms with van der Waals surface area (Å²) in [6.07, 6.45) is 95.7. The lowest BCUT2D eigenvalue weighted by atomic mass is 10.0. The highest BCUT2D eigenvalue weighted by Gasteiger charge is 2.19. The molecule has 0 saturated heterocycles. The summed E-state index contributed by atoms with van der Waals surface area (Å²) in [5, 5.41) is 0. The second-order valence-corrected chi connectivity index (χ2v) is 21.3. The Morgan fingerprint density at radius 1 is 0.263 bits per heavy atom. The van der Waals surface area contributed by atoms with Crippen molar-refractivity contribution in [1.82, 2.24) is 0 Å². The fraction of sp³-hybridized carbons (Fsp3) is 0.635. The zero-order chi connectivity index (χ0) is 57.8. The van der Waals surface area contributed by atoms with Crippen molar-refractivity contribution in [3.05, 3.63) is 146 Å². The van der Waals surface area contributed by atoms with Gasteiger partial charge in [0.2, 0.25) is 0 Å². The van der Waals surface area contributed by atoms with Crippen molar-refractivity contribution >= 4 is 17.9 Å². The molecule has 0 aromatic rings. The summed E-state index contributed by atoms with van der Waals surface area (Å²) in [4.78, 5) is 38.2. The average Bonchev–Trinajstić information content (AvgIpc) is 3.46. The number of allylic oxidation sites excluding steroid dienone is 24. The van der Waals surface area contributed by atoms with Gasteiger partial charge < -0.3 is 14.2 Å². The molecule has 0 N–H and O–H groups in total. The number of esters is 3. The van der Waals surface area contributed by atoms with Crippen LogP contribution in [0.4, 0.5) is 0 Å². The maximum atomic E-state index is 12.9. The summed E-state index contributed by atoms with van der Waals surface area (Å²) < 4.78 is 16.9. The van der Waals surface area contributed by atoms with Crippen LogP contribution >= 0.6 is 0 Å². The Morgan fingerprint density at radius 2 is 0.487 bits per heavy atom. The number of ether oxygens (including phenoxy) is 3. The monoisotopic (exact) mass is 1100 g/mol. The molecule has 0 aliphatic rings. The molecule has 0 aromatic carbocycles. The number of unbranched alkanes of at least 4 members (excludes halogenated alkanes) is 23. The zero-order valence-corrected chi connectivity index (χ0v) is 51.8. The average molecular weight is 1110 g/mol. The molecular formula is C74H120O6. The summed E-state index contributed by atoms with van der Waals surface area (Å²) in [6.45, 7) is 6.39. The van der Waals surface area contributed by atoms with Gasteiger partial charge in [-0.25, -0.2) is 0 Å². The number of carbonyl (C=O) groups excluding carboxylic acids is 3. The van der Waals surface area contributed by atoms with E-state index in [0.29, 0.717) is 19.3 Å². The summed E-state index contributed by atoms with van der Waals surface area (Å²) in [7, 11) is 0. The molecule has 6 heteroatoms. The van der Waals surface area contributed by atoms with E-state index in [-0.39, 0.29) is 31.1 Å². The van der Waals surface area contributed by atoms with E-state index in [2.05, 4.69) is 167 Å².